The second-order valence-corrected chi connectivity index (χ2v) is 7.92. The maximum atomic E-state index is 13.0. The van der Waals surface area contributed by atoms with E-state index in [9.17, 15) is 18.0 Å². The summed E-state index contributed by atoms with van der Waals surface area (Å²) in [7, 11) is 0. The molecule has 0 saturated carbocycles. The molecule has 0 radical (unpaired) electrons. The van der Waals surface area contributed by atoms with Crippen LogP contribution in [0.15, 0.2) is 53.6 Å². The Kier molecular flexibility index (Phi) is 6.27. The van der Waals surface area contributed by atoms with E-state index >= 15 is 0 Å². The van der Waals surface area contributed by atoms with Crippen molar-refractivity contribution in [2.24, 2.45) is 5.10 Å². The molecule has 31 heavy (non-hydrogen) atoms. The Labute approximate surface area is 179 Å². The molecule has 0 spiro atoms. The predicted octanol–water partition coefficient (Wildman–Crippen LogP) is 3.68. The number of rotatable bonds is 5. The Bertz CT molecular complexity index is 948. The van der Waals surface area contributed by atoms with Crippen LogP contribution in [0.2, 0.25) is 0 Å². The first-order valence-corrected chi connectivity index (χ1v) is 10.5. The summed E-state index contributed by atoms with van der Waals surface area (Å²) >= 11 is 0. The molecule has 0 atom stereocenters. The number of benzene rings is 2. The monoisotopic (exact) mass is 430 g/mol. The van der Waals surface area contributed by atoms with E-state index in [4.69, 9.17) is 0 Å². The highest BCUT2D eigenvalue weighted by Gasteiger charge is 2.31. The van der Waals surface area contributed by atoms with Crippen molar-refractivity contribution in [2.75, 3.05) is 37.6 Å². The molecule has 1 N–H and O–H groups in total. The van der Waals surface area contributed by atoms with E-state index < -0.39 is 11.7 Å². The number of amides is 1. The first-order chi connectivity index (χ1) is 14.9. The van der Waals surface area contributed by atoms with Crippen LogP contribution in [0.4, 0.5) is 18.9 Å². The van der Waals surface area contributed by atoms with Crippen LogP contribution in [0.5, 0.6) is 0 Å². The average molecular weight is 430 g/mol. The summed E-state index contributed by atoms with van der Waals surface area (Å²) in [6, 6.07) is 13.8. The lowest BCUT2D eigenvalue weighted by molar-refractivity contribution is -0.137. The van der Waals surface area contributed by atoms with Crippen LogP contribution in [0.25, 0.3) is 0 Å². The third-order valence-electron chi connectivity index (χ3n) is 5.82. The third-order valence-corrected chi connectivity index (χ3v) is 5.82. The number of carbonyl (C=O) groups is 1. The third kappa shape index (κ3) is 5.44. The van der Waals surface area contributed by atoms with Gasteiger partial charge in [0, 0.05) is 51.3 Å². The minimum absolute atomic E-state index is 0.0477. The fourth-order valence-electron chi connectivity index (χ4n) is 3.94. The number of hydrogen-bond donors (Lipinski definition) is 1. The molecular weight excluding hydrogens is 405 g/mol. The second kappa shape index (κ2) is 9.09. The number of carbonyl (C=O) groups excluding carboxylic acids is 1. The van der Waals surface area contributed by atoms with Gasteiger partial charge in [0.05, 0.1) is 11.3 Å². The molecule has 5 nitrogen and oxygen atoms in total. The molecule has 0 aliphatic carbocycles. The molecule has 2 heterocycles. The van der Waals surface area contributed by atoms with Gasteiger partial charge in [-0.2, -0.15) is 18.3 Å². The van der Waals surface area contributed by atoms with Gasteiger partial charge in [0.2, 0.25) is 5.91 Å². The van der Waals surface area contributed by atoms with E-state index in [0.717, 1.165) is 43.4 Å². The Hall–Kier alpha value is -2.87. The summed E-state index contributed by atoms with van der Waals surface area (Å²) in [6.45, 7) is 3.99. The van der Waals surface area contributed by atoms with Gasteiger partial charge in [0.15, 0.2) is 0 Å². The molecule has 8 heteroatoms. The summed E-state index contributed by atoms with van der Waals surface area (Å²) in [5.74, 6) is -0.0477. The predicted molar refractivity (Wildman–Crippen MR) is 114 cm³/mol. The van der Waals surface area contributed by atoms with E-state index in [0.29, 0.717) is 31.6 Å². The number of hydrazone groups is 1. The molecule has 2 aromatic rings. The fourth-order valence-corrected chi connectivity index (χ4v) is 3.94. The van der Waals surface area contributed by atoms with Crippen LogP contribution in [-0.2, 0) is 17.4 Å². The number of alkyl halides is 3. The number of halogens is 3. The van der Waals surface area contributed by atoms with E-state index in [1.54, 1.807) is 6.07 Å². The molecule has 2 aromatic carbocycles. The summed E-state index contributed by atoms with van der Waals surface area (Å²) in [5, 5.41) is 4.12. The van der Waals surface area contributed by atoms with Crippen molar-refractivity contribution in [3.63, 3.8) is 0 Å². The Morgan fingerprint density at radius 1 is 0.968 bits per heavy atom. The van der Waals surface area contributed by atoms with Gasteiger partial charge >= 0.3 is 6.18 Å². The molecule has 1 amide bonds. The van der Waals surface area contributed by atoms with Gasteiger partial charge in [-0.25, -0.2) is 5.43 Å². The van der Waals surface area contributed by atoms with Gasteiger partial charge in [0.25, 0.3) is 0 Å². The number of hydrogen-bond acceptors (Lipinski definition) is 4. The molecule has 4 rings (SSSR count). The fraction of sp³-hybridized carbons (Fsp3) is 0.391. The number of piperazine rings is 1. The highest BCUT2D eigenvalue weighted by Crippen LogP contribution is 2.31. The standard InChI is InChI=1S/C23H25F3N4O/c24-23(25,26)19-2-1-3-20(16-19)30-14-12-29(13-15-30)11-10-17-4-6-18(7-5-17)21-8-9-22(31)28-27-21/h1-7,16H,8-15H2,(H,28,31). The van der Waals surface area contributed by atoms with E-state index in [1.165, 1.54) is 17.7 Å². The normalized spacial score (nSPS) is 18.0. The first kappa shape index (κ1) is 21.4. The van der Waals surface area contributed by atoms with Gasteiger partial charge in [0.1, 0.15) is 0 Å². The van der Waals surface area contributed by atoms with Crippen molar-refractivity contribution < 1.29 is 18.0 Å². The van der Waals surface area contributed by atoms with Crippen LogP contribution < -0.4 is 10.3 Å². The molecule has 2 aliphatic rings. The topological polar surface area (TPSA) is 47.9 Å². The van der Waals surface area contributed by atoms with Crippen molar-refractivity contribution in [1.29, 1.82) is 0 Å². The van der Waals surface area contributed by atoms with Crippen molar-refractivity contribution >= 4 is 17.3 Å². The van der Waals surface area contributed by atoms with E-state index in [-0.39, 0.29) is 5.91 Å². The van der Waals surface area contributed by atoms with Gasteiger partial charge in [-0.15, -0.1) is 0 Å². The van der Waals surface area contributed by atoms with Gasteiger partial charge < -0.3 is 4.90 Å². The maximum absolute atomic E-state index is 13.0. The summed E-state index contributed by atoms with van der Waals surface area (Å²) in [6.07, 6.45) is -2.29. The lowest BCUT2D eigenvalue weighted by Crippen LogP contribution is -2.47. The second-order valence-electron chi connectivity index (χ2n) is 7.92. The SMILES string of the molecule is O=C1CCC(c2ccc(CCN3CCN(c4cccc(C(F)(F)F)c4)CC3)cc2)=NN1. The summed E-state index contributed by atoms with van der Waals surface area (Å²) in [5.41, 5.74) is 5.71. The minimum Gasteiger partial charge on any atom is -0.369 e. The number of nitrogens with zero attached hydrogens (tertiary/aromatic N) is 3. The molecule has 0 bridgehead atoms. The van der Waals surface area contributed by atoms with Crippen LogP contribution in [-0.4, -0.2) is 49.2 Å². The maximum Gasteiger partial charge on any atom is 0.416 e. The zero-order valence-electron chi connectivity index (χ0n) is 17.2. The smallest absolute Gasteiger partial charge is 0.369 e. The van der Waals surface area contributed by atoms with Crippen LogP contribution in [0.1, 0.15) is 29.5 Å². The molecular formula is C23H25F3N4O. The van der Waals surface area contributed by atoms with E-state index in [1.807, 2.05) is 17.0 Å². The van der Waals surface area contributed by atoms with E-state index in [2.05, 4.69) is 27.6 Å². The highest BCUT2D eigenvalue weighted by atomic mass is 19.4. The van der Waals surface area contributed by atoms with Crippen molar-refractivity contribution in [1.82, 2.24) is 10.3 Å². The quantitative estimate of drug-likeness (QED) is 0.787. The zero-order chi connectivity index (χ0) is 21.8. The minimum atomic E-state index is -4.31. The van der Waals surface area contributed by atoms with Crippen LogP contribution in [0, 0.1) is 0 Å². The van der Waals surface area contributed by atoms with Crippen molar-refractivity contribution in [3.05, 3.63) is 65.2 Å². The Morgan fingerprint density at radius 3 is 2.35 bits per heavy atom. The number of anilines is 1. The summed E-state index contributed by atoms with van der Waals surface area (Å²) < 4.78 is 38.9. The van der Waals surface area contributed by atoms with Gasteiger partial charge in [-0.1, -0.05) is 30.3 Å². The summed E-state index contributed by atoms with van der Waals surface area (Å²) in [4.78, 5) is 15.6. The lowest BCUT2D eigenvalue weighted by Gasteiger charge is -2.36. The van der Waals surface area contributed by atoms with Gasteiger partial charge in [-0.3, -0.25) is 9.69 Å². The molecule has 0 aromatic heterocycles. The van der Waals surface area contributed by atoms with Crippen molar-refractivity contribution in [2.45, 2.75) is 25.4 Å². The molecule has 2 aliphatic heterocycles. The highest BCUT2D eigenvalue weighted by molar-refractivity contribution is 6.04. The average Bonchev–Trinajstić information content (AvgIpc) is 2.78. The van der Waals surface area contributed by atoms with Crippen LogP contribution >= 0.6 is 0 Å². The number of nitrogens with one attached hydrogen (secondary N) is 1. The lowest BCUT2D eigenvalue weighted by atomic mass is 10.0. The molecule has 0 unspecified atom stereocenters. The molecule has 164 valence electrons. The largest absolute Gasteiger partial charge is 0.416 e. The Balaban J connectivity index is 1.27. The van der Waals surface area contributed by atoms with Crippen molar-refractivity contribution in [3.8, 4) is 0 Å². The van der Waals surface area contributed by atoms with Crippen LogP contribution in [0.3, 0.4) is 0 Å². The van der Waals surface area contributed by atoms with Gasteiger partial charge in [-0.05, 0) is 35.7 Å². The molecule has 1 fully saturated rings. The molecule has 1 saturated heterocycles. The Morgan fingerprint density at radius 2 is 1.71 bits per heavy atom. The zero-order valence-corrected chi connectivity index (χ0v) is 17.2. The first-order valence-electron chi connectivity index (χ1n) is 10.5.